The fourth-order valence-corrected chi connectivity index (χ4v) is 1.31. The third-order valence-corrected chi connectivity index (χ3v) is 2.05. The first kappa shape index (κ1) is 9.53. The van der Waals surface area contributed by atoms with Gasteiger partial charge in [-0.3, -0.25) is 0 Å². The van der Waals surface area contributed by atoms with Gasteiger partial charge in [-0.15, -0.1) is 0 Å². The molecule has 0 heterocycles. The summed E-state index contributed by atoms with van der Waals surface area (Å²) in [6.07, 6.45) is 5.01. The van der Waals surface area contributed by atoms with Crippen LogP contribution in [0.3, 0.4) is 0 Å². The van der Waals surface area contributed by atoms with E-state index < -0.39 is 0 Å². The van der Waals surface area contributed by atoms with E-state index in [9.17, 15) is 5.11 Å². The van der Waals surface area contributed by atoms with Crippen LogP contribution in [-0.4, -0.2) is 5.11 Å². The van der Waals surface area contributed by atoms with Crippen molar-refractivity contribution in [2.75, 3.05) is 0 Å². The third kappa shape index (κ3) is 2.71. The van der Waals surface area contributed by atoms with Gasteiger partial charge in [0.1, 0.15) is 5.75 Å². The molecule has 0 saturated heterocycles. The Morgan fingerprint density at radius 3 is 2.47 bits per heavy atom. The summed E-state index contributed by atoms with van der Waals surface area (Å²) in [5, 5.41) is 9.26. The predicted octanol–water partition coefficient (Wildman–Crippen LogP) is 3.26. The van der Waals surface area contributed by atoms with Gasteiger partial charge in [-0.1, -0.05) is 42.5 Å². The zero-order valence-corrected chi connectivity index (χ0v) is 8.22. The van der Waals surface area contributed by atoms with Crippen LogP contribution in [0.15, 0.2) is 54.6 Å². The topological polar surface area (TPSA) is 20.2 Å². The van der Waals surface area contributed by atoms with E-state index in [4.69, 9.17) is 0 Å². The molecule has 15 heavy (non-hydrogen) atoms. The molecule has 0 spiro atoms. The predicted molar refractivity (Wildman–Crippen MR) is 61.4 cm³/mol. The molecule has 1 radical (unpaired) electrons. The zero-order valence-electron chi connectivity index (χ0n) is 8.22. The summed E-state index contributed by atoms with van der Waals surface area (Å²) >= 11 is 0. The van der Waals surface area contributed by atoms with Gasteiger partial charge in [0.25, 0.3) is 0 Å². The maximum atomic E-state index is 9.26. The smallest absolute Gasteiger partial charge is 0.116 e. The summed E-state index contributed by atoms with van der Waals surface area (Å²) in [6, 6.07) is 17.0. The van der Waals surface area contributed by atoms with Crippen molar-refractivity contribution in [2.24, 2.45) is 0 Å². The second-order valence-corrected chi connectivity index (χ2v) is 3.25. The minimum atomic E-state index is 0.265. The molecule has 1 N–H and O–H groups in total. The Morgan fingerprint density at radius 2 is 1.73 bits per heavy atom. The van der Waals surface area contributed by atoms with Crippen LogP contribution in [0.4, 0.5) is 0 Å². The molecule has 2 aromatic rings. The van der Waals surface area contributed by atoms with Gasteiger partial charge >= 0.3 is 0 Å². The molecular formula is C14H11O. The lowest BCUT2D eigenvalue weighted by Gasteiger charge is -1.94. The van der Waals surface area contributed by atoms with Crippen molar-refractivity contribution in [3.8, 4) is 5.75 Å². The Morgan fingerprint density at radius 1 is 0.933 bits per heavy atom. The summed E-state index contributed by atoms with van der Waals surface area (Å²) in [5.41, 5.74) is 1.97. The number of hydrogen-bond donors (Lipinski definition) is 1. The van der Waals surface area contributed by atoms with Gasteiger partial charge in [-0.25, -0.2) is 0 Å². The number of phenols is 1. The van der Waals surface area contributed by atoms with Gasteiger partial charge in [-0.05, 0) is 35.4 Å². The van der Waals surface area contributed by atoms with Crippen LogP contribution >= 0.6 is 0 Å². The Balaban J connectivity index is 2.19. The first-order chi connectivity index (χ1) is 7.34. The van der Waals surface area contributed by atoms with Crippen molar-refractivity contribution in [2.45, 2.75) is 0 Å². The van der Waals surface area contributed by atoms with Crippen molar-refractivity contribution < 1.29 is 5.11 Å². The number of phenolic OH excluding ortho intramolecular Hbond substituents is 1. The molecule has 0 aliphatic rings. The van der Waals surface area contributed by atoms with Crippen molar-refractivity contribution in [1.29, 1.82) is 0 Å². The van der Waals surface area contributed by atoms with Gasteiger partial charge in [0.05, 0.1) is 0 Å². The summed E-state index contributed by atoms with van der Waals surface area (Å²) < 4.78 is 0. The number of rotatable bonds is 2. The van der Waals surface area contributed by atoms with E-state index in [0.29, 0.717) is 0 Å². The summed E-state index contributed by atoms with van der Waals surface area (Å²) in [7, 11) is 0. The summed E-state index contributed by atoms with van der Waals surface area (Å²) in [6.45, 7) is 0. The Labute approximate surface area is 89.3 Å². The average molecular weight is 195 g/mol. The lowest BCUT2D eigenvalue weighted by Crippen LogP contribution is -1.74. The first-order valence-corrected chi connectivity index (χ1v) is 4.78. The quantitative estimate of drug-likeness (QED) is 0.729. The highest BCUT2D eigenvalue weighted by molar-refractivity contribution is 5.51. The Hall–Kier alpha value is -2.02. The highest BCUT2D eigenvalue weighted by Crippen LogP contribution is 2.12. The average Bonchev–Trinajstić information content (AvgIpc) is 2.28. The third-order valence-electron chi connectivity index (χ3n) is 2.05. The van der Waals surface area contributed by atoms with Crippen LogP contribution in [0.5, 0.6) is 5.75 Å². The van der Waals surface area contributed by atoms with Crippen LogP contribution in [0.25, 0.3) is 6.08 Å². The maximum Gasteiger partial charge on any atom is 0.116 e. The van der Waals surface area contributed by atoms with Gasteiger partial charge in [0, 0.05) is 0 Å². The first-order valence-electron chi connectivity index (χ1n) is 4.78. The lowest BCUT2D eigenvalue weighted by molar-refractivity contribution is 0.475. The highest BCUT2D eigenvalue weighted by atomic mass is 16.3. The molecule has 1 nitrogen and oxygen atoms in total. The van der Waals surface area contributed by atoms with E-state index in [2.05, 4.69) is 6.08 Å². The Kier molecular flexibility index (Phi) is 2.84. The molecular weight excluding hydrogens is 184 g/mol. The SMILES string of the molecule is Oc1cccc([C]=Cc2ccccc2)c1. The van der Waals surface area contributed by atoms with Crippen molar-refractivity contribution >= 4 is 6.08 Å². The number of benzene rings is 2. The normalized spacial score (nSPS) is 10.7. The van der Waals surface area contributed by atoms with Crippen molar-refractivity contribution in [3.05, 3.63) is 71.8 Å². The molecule has 1 heteroatoms. The fraction of sp³-hybridized carbons (Fsp3) is 0. The highest BCUT2D eigenvalue weighted by Gasteiger charge is 1.89. The van der Waals surface area contributed by atoms with E-state index >= 15 is 0 Å². The van der Waals surface area contributed by atoms with Gasteiger partial charge in [0.2, 0.25) is 0 Å². The fourth-order valence-electron chi connectivity index (χ4n) is 1.31. The largest absolute Gasteiger partial charge is 0.508 e. The molecule has 0 amide bonds. The minimum absolute atomic E-state index is 0.265. The van der Waals surface area contributed by atoms with E-state index in [1.807, 2.05) is 42.5 Å². The van der Waals surface area contributed by atoms with Crippen LogP contribution in [-0.2, 0) is 0 Å². The molecule has 0 saturated carbocycles. The summed E-state index contributed by atoms with van der Waals surface area (Å²) in [5.74, 6) is 0.265. The van der Waals surface area contributed by atoms with Gasteiger partial charge in [0.15, 0.2) is 0 Å². The molecule has 0 aliphatic heterocycles. The molecule has 0 bridgehead atoms. The van der Waals surface area contributed by atoms with Crippen molar-refractivity contribution in [3.63, 3.8) is 0 Å². The van der Waals surface area contributed by atoms with E-state index in [-0.39, 0.29) is 5.75 Å². The number of aromatic hydroxyl groups is 1. The number of hydrogen-bond acceptors (Lipinski definition) is 1. The molecule has 0 atom stereocenters. The molecule has 0 aliphatic carbocycles. The second kappa shape index (κ2) is 4.47. The molecule has 0 aromatic heterocycles. The van der Waals surface area contributed by atoms with Gasteiger partial charge in [-0.2, -0.15) is 0 Å². The molecule has 2 rings (SSSR count). The second-order valence-electron chi connectivity index (χ2n) is 3.25. The standard InChI is InChI=1S/C14H11O/c15-14-8-4-7-13(11-14)10-9-12-5-2-1-3-6-12/h1-9,11,15H. The summed E-state index contributed by atoms with van der Waals surface area (Å²) in [4.78, 5) is 0. The molecule has 0 fully saturated rings. The molecule has 73 valence electrons. The van der Waals surface area contributed by atoms with E-state index in [0.717, 1.165) is 11.1 Å². The molecule has 2 aromatic carbocycles. The van der Waals surface area contributed by atoms with E-state index in [1.165, 1.54) is 0 Å². The lowest BCUT2D eigenvalue weighted by atomic mass is 10.1. The van der Waals surface area contributed by atoms with Crippen LogP contribution in [0.2, 0.25) is 0 Å². The maximum absolute atomic E-state index is 9.26. The Bertz CT molecular complexity index is 458. The van der Waals surface area contributed by atoms with Crippen LogP contribution in [0, 0.1) is 6.08 Å². The van der Waals surface area contributed by atoms with Crippen LogP contribution < -0.4 is 0 Å². The van der Waals surface area contributed by atoms with Crippen molar-refractivity contribution in [1.82, 2.24) is 0 Å². The van der Waals surface area contributed by atoms with E-state index in [1.54, 1.807) is 18.2 Å². The van der Waals surface area contributed by atoms with Gasteiger partial charge < -0.3 is 5.11 Å². The minimum Gasteiger partial charge on any atom is -0.508 e. The van der Waals surface area contributed by atoms with Crippen LogP contribution in [0.1, 0.15) is 11.1 Å². The molecule has 0 unspecified atom stereocenters. The zero-order chi connectivity index (χ0) is 10.5. The monoisotopic (exact) mass is 195 g/mol.